The van der Waals surface area contributed by atoms with Gasteiger partial charge in [0.05, 0.1) is 11.1 Å². The van der Waals surface area contributed by atoms with Crippen LogP contribution in [0.1, 0.15) is 32.6 Å². The van der Waals surface area contributed by atoms with Gasteiger partial charge in [-0.25, -0.2) is 0 Å². The summed E-state index contributed by atoms with van der Waals surface area (Å²) in [7, 11) is -0.232. The number of carbonyl (C=O) groups excluding carboxylic acids is 1. The minimum absolute atomic E-state index is 0. The molecule has 2 aromatic carbocycles. The number of hydrogen-bond donors (Lipinski definition) is 0. The molecule has 134 valence electrons. The molecular formula is C17H12F6LiOP. The second kappa shape index (κ2) is 8.17. The Morgan fingerprint density at radius 2 is 1.19 bits per heavy atom. The molecule has 0 spiro atoms. The van der Waals surface area contributed by atoms with E-state index in [1.807, 2.05) is 0 Å². The van der Waals surface area contributed by atoms with E-state index in [1.54, 1.807) is 32.0 Å². The van der Waals surface area contributed by atoms with Gasteiger partial charge < -0.3 is 13.4 Å². The molecule has 2 rings (SSSR count). The zero-order chi connectivity index (χ0) is 19.0. The zero-order valence-electron chi connectivity index (χ0n) is 14.1. The first-order chi connectivity index (χ1) is 11.4. The number of halogens is 6. The average Bonchev–Trinajstić information content (AvgIpc) is 2.48. The topological polar surface area (TPSA) is 17.1 Å². The summed E-state index contributed by atoms with van der Waals surface area (Å²) < 4.78 is 78.9. The SMILES string of the molecule is Cc1cccc(C)c1[P-]C(=O)c1c(C(F)(F)F)cccc1C(F)(F)F.[Li+]. The molecule has 0 heterocycles. The Labute approximate surface area is 160 Å². The van der Waals surface area contributed by atoms with Gasteiger partial charge in [-0.2, -0.15) is 31.6 Å². The van der Waals surface area contributed by atoms with Crippen LogP contribution in [0.5, 0.6) is 0 Å². The minimum atomic E-state index is -5.07. The van der Waals surface area contributed by atoms with Gasteiger partial charge in [0.1, 0.15) is 0 Å². The Morgan fingerprint density at radius 3 is 1.58 bits per heavy atom. The van der Waals surface area contributed by atoms with Gasteiger partial charge >= 0.3 is 31.2 Å². The minimum Gasteiger partial charge on any atom is -0.425 e. The van der Waals surface area contributed by atoms with E-state index in [0.29, 0.717) is 34.6 Å². The summed E-state index contributed by atoms with van der Waals surface area (Å²) >= 11 is 0. The van der Waals surface area contributed by atoms with E-state index in [9.17, 15) is 31.1 Å². The smallest absolute Gasteiger partial charge is 0.425 e. The van der Waals surface area contributed by atoms with Crippen LogP contribution in [0.15, 0.2) is 36.4 Å². The summed E-state index contributed by atoms with van der Waals surface area (Å²) in [5.74, 6) is 0. The van der Waals surface area contributed by atoms with Crippen molar-refractivity contribution in [2.45, 2.75) is 26.2 Å². The van der Waals surface area contributed by atoms with Gasteiger partial charge in [0.25, 0.3) is 0 Å². The van der Waals surface area contributed by atoms with Gasteiger partial charge in [-0.3, -0.25) is 0 Å². The van der Waals surface area contributed by atoms with Gasteiger partial charge in [-0.1, -0.05) is 35.4 Å². The van der Waals surface area contributed by atoms with Crippen molar-refractivity contribution < 1.29 is 50.0 Å². The molecule has 0 saturated carbocycles. The first kappa shape index (κ1) is 22.8. The fourth-order valence-electron chi connectivity index (χ4n) is 2.39. The number of aryl methyl sites for hydroxylation is 2. The van der Waals surface area contributed by atoms with Gasteiger partial charge in [0.15, 0.2) is 0 Å². The molecule has 1 nitrogen and oxygen atoms in total. The standard InChI is InChI=1S/C17H12F6OP.Li/c1-9-5-3-6-10(2)14(9)25-15(24)13-11(16(18,19)20)7-4-8-12(13)17(21,22)23;/h3-8H,1-2H3;/q-1;+1. The molecule has 0 aromatic heterocycles. The van der Waals surface area contributed by atoms with E-state index >= 15 is 0 Å². The van der Waals surface area contributed by atoms with Gasteiger partial charge in [0.2, 0.25) is 0 Å². The Morgan fingerprint density at radius 1 is 0.808 bits per heavy atom. The van der Waals surface area contributed by atoms with Crippen molar-refractivity contribution in [3.05, 3.63) is 64.2 Å². The molecule has 0 unspecified atom stereocenters. The number of carbonyl (C=O) groups is 1. The van der Waals surface area contributed by atoms with Crippen molar-refractivity contribution in [3.8, 4) is 0 Å². The molecule has 26 heavy (non-hydrogen) atoms. The van der Waals surface area contributed by atoms with Crippen LogP contribution in [0.4, 0.5) is 26.3 Å². The third kappa shape index (κ3) is 4.91. The van der Waals surface area contributed by atoms with Gasteiger partial charge in [-0.05, 0) is 26.0 Å². The van der Waals surface area contributed by atoms with E-state index in [4.69, 9.17) is 0 Å². The fourth-order valence-corrected chi connectivity index (χ4v) is 3.45. The first-order valence-electron chi connectivity index (χ1n) is 7.02. The van der Waals surface area contributed by atoms with E-state index in [0.717, 1.165) is 0 Å². The molecule has 0 aliphatic rings. The predicted octanol–water partition coefficient (Wildman–Crippen LogP) is 2.76. The molecular weight excluding hydrogens is 372 g/mol. The largest absolute Gasteiger partial charge is 1.00 e. The predicted molar refractivity (Wildman–Crippen MR) is 83.2 cm³/mol. The quantitative estimate of drug-likeness (QED) is 0.452. The molecule has 0 amide bonds. The van der Waals surface area contributed by atoms with E-state index < -0.39 is 34.6 Å². The molecule has 0 N–H and O–H groups in total. The normalized spacial score (nSPS) is 12.3. The van der Waals surface area contributed by atoms with Crippen LogP contribution in [0.3, 0.4) is 0 Å². The molecule has 0 radical (unpaired) electrons. The maximum absolute atomic E-state index is 13.2. The van der Waals surface area contributed by atoms with Crippen LogP contribution >= 0.6 is 8.58 Å². The molecule has 0 aliphatic heterocycles. The summed E-state index contributed by atoms with van der Waals surface area (Å²) in [6.07, 6.45) is -10.1. The van der Waals surface area contributed by atoms with Crippen LogP contribution in [-0.4, -0.2) is 5.52 Å². The maximum Gasteiger partial charge on any atom is 1.00 e. The van der Waals surface area contributed by atoms with Crippen molar-refractivity contribution in [1.29, 1.82) is 0 Å². The van der Waals surface area contributed by atoms with E-state index in [1.165, 1.54) is 0 Å². The Kier molecular flexibility index (Phi) is 7.15. The maximum atomic E-state index is 13.2. The van der Waals surface area contributed by atoms with Crippen LogP contribution in [0.25, 0.3) is 0 Å². The summed E-state index contributed by atoms with van der Waals surface area (Å²) in [5, 5.41) is 0.401. The third-order valence-corrected chi connectivity index (χ3v) is 4.90. The number of alkyl halides is 6. The second-order valence-corrected chi connectivity index (χ2v) is 6.46. The average molecular weight is 384 g/mol. The fraction of sp³-hybridized carbons (Fsp3) is 0.235. The Hall–Kier alpha value is -1.28. The van der Waals surface area contributed by atoms with Crippen LogP contribution in [0, 0.1) is 13.8 Å². The molecule has 0 aliphatic carbocycles. The zero-order valence-corrected chi connectivity index (χ0v) is 15.0. The molecule has 0 atom stereocenters. The van der Waals surface area contributed by atoms with Crippen LogP contribution < -0.4 is 24.2 Å². The molecule has 0 saturated heterocycles. The van der Waals surface area contributed by atoms with Crippen molar-refractivity contribution in [2.24, 2.45) is 0 Å². The molecule has 0 bridgehead atoms. The Balaban J connectivity index is 0.00000338. The van der Waals surface area contributed by atoms with Crippen LogP contribution in [-0.2, 0) is 12.4 Å². The third-order valence-electron chi connectivity index (χ3n) is 3.54. The van der Waals surface area contributed by atoms with Gasteiger partial charge in [0, 0.05) is 11.1 Å². The second-order valence-electron chi connectivity index (χ2n) is 5.38. The van der Waals surface area contributed by atoms with E-state index in [-0.39, 0.29) is 27.4 Å². The first-order valence-corrected chi connectivity index (χ1v) is 7.92. The van der Waals surface area contributed by atoms with Crippen molar-refractivity contribution in [1.82, 2.24) is 0 Å². The van der Waals surface area contributed by atoms with Crippen molar-refractivity contribution in [3.63, 3.8) is 0 Å². The summed E-state index contributed by atoms with van der Waals surface area (Å²) in [5.41, 5.74) is -4.50. The summed E-state index contributed by atoms with van der Waals surface area (Å²) in [4.78, 5) is 12.4. The Bertz CT molecular complexity index is 761. The van der Waals surface area contributed by atoms with Crippen molar-refractivity contribution in [2.75, 3.05) is 0 Å². The van der Waals surface area contributed by atoms with Gasteiger partial charge in [-0.15, -0.1) is 0 Å². The number of hydrogen-bond acceptors (Lipinski definition) is 1. The molecule has 0 fully saturated rings. The van der Waals surface area contributed by atoms with Crippen molar-refractivity contribution >= 4 is 19.4 Å². The van der Waals surface area contributed by atoms with Crippen LogP contribution in [0.2, 0.25) is 0 Å². The summed E-state index contributed by atoms with van der Waals surface area (Å²) in [6.45, 7) is 3.28. The molecule has 2 aromatic rings. The molecule has 9 heteroatoms. The van der Waals surface area contributed by atoms with E-state index in [2.05, 4.69) is 0 Å². The number of benzene rings is 2. The number of rotatable bonds is 3. The summed E-state index contributed by atoms with van der Waals surface area (Å²) in [6, 6.07) is 6.61. The monoisotopic (exact) mass is 384 g/mol.